The highest BCUT2D eigenvalue weighted by atomic mass is 16.2. The predicted molar refractivity (Wildman–Crippen MR) is 123 cm³/mol. The summed E-state index contributed by atoms with van der Waals surface area (Å²) in [5.74, 6) is -0.663. The number of aromatic nitrogens is 2. The number of anilines is 1. The number of fused-ring (bicyclic) bond motifs is 2. The molecule has 0 spiro atoms. The van der Waals surface area contributed by atoms with Crippen LogP contribution in [0.3, 0.4) is 0 Å². The van der Waals surface area contributed by atoms with Crippen molar-refractivity contribution < 1.29 is 9.59 Å². The molecule has 0 unspecified atom stereocenters. The fraction of sp³-hybridized carbons (Fsp3) is 0. The van der Waals surface area contributed by atoms with Crippen LogP contribution in [0, 0.1) is 0 Å². The van der Waals surface area contributed by atoms with E-state index in [9.17, 15) is 9.59 Å². The van der Waals surface area contributed by atoms with E-state index in [2.05, 4.69) is 16.0 Å². The lowest BCUT2D eigenvalue weighted by Crippen LogP contribution is -2.30. The lowest BCUT2D eigenvalue weighted by atomic mass is 9.92. The second-order valence-corrected chi connectivity index (χ2v) is 7.54. The minimum atomic E-state index is -0.331. The lowest BCUT2D eigenvalue weighted by molar-refractivity contribution is -0.119. The standard InChI is InChI=1S/C26H17N3O2/c30-24-12-13-25(31)29(24)23-11-5-8-18(19-14-27-21-9-3-1-6-16(19)21)26(23)20-15-28-22-10-4-2-7-17(20)22/h1-15,27-28H. The number of carbonyl (C=O) groups is 2. The third-order valence-corrected chi connectivity index (χ3v) is 5.83. The smallest absolute Gasteiger partial charge is 0.258 e. The van der Waals surface area contributed by atoms with Crippen molar-refractivity contribution in [2.45, 2.75) is 0 Å². The summed E-state index contributed by atoms with van der Waals surface area (Å²) in [7, 11) is 0. The number of aromatic amines is 2. The molecular weight excluding hydrogens is 386 g/mol. The van der Waals surface area contributed by atoms with Crippen LogP contribution in [0.1, 0.15) is 0 Å². The maximum Gasteiger partial charge on any atom is 0.258 e. The molecule has 0 saturated heterocycles. The van der Waals surface area contributed by atoms with Crippen LogP contribution in [0.15, 0.2) is 91.3 Å². The first kappa shape index (κ1) is 17.5. The normalized spacial score (nSPS) is 13.7. The van der Waals surface area contributed by atoms with E-state index in [0.29, 0.717) is 5.69 Å². The molecule has 148 valence electrons. The van der Waals surface area contributed by atoms with E-state index in [4.69, 9.17) is 0 Å². The summed E-state index contributed by atoms with van der Waals surface area (Å²) >= 11 is 0. The Morgan fingerprint density at radius 2 is 1.16 bits per heavy atom. The van der Waals surface area contributed by atoms with Gasteiger partial charge in [-0.3, -0.25) is 9.59 Å². The molecular formula is C26H17N3O2. The average molecular weight is 403 g/mol. The van der Waals surface area contributed by atoms with Crippen LogP contribution in [-0.2, 0) is 9.59 Å². The molecule has 5 nitrogen and oxygen atoms in total. The Labute approximate surface area is 177 Å². The van der Waals surface area contributed by atoms with Gasteiger partial charge in [-0.1, -0.05) is 48.5 Å². The lowest BCUT2D eigenvalue weighted by Gasteiger charge is -2.21. The van der Waals surface area contributed by atoms with Crippen LogP contribution in [0.2, 0.25) is 0 Å². The number of H-pyrrole nitrogens is 2. The first-order chi connectivity index (χ1) is 15.2. The van der Waals surface area contributed by atoms with Crippen LogP contribution in [0.4, 0.5) is 5.69 Å². The van der Waals surface area contributed by atoms with Crippen LogP contribution in [0.5, 0.6) is 0 Å². The largest absolute Gasteiger partial charge is 0.361 e. The van der Waals surface area contributed by atoms with Gasteiger partial charge in [-0.15, -0.1) is 0 Å². The van der Waals surface area contributed by atoms with Gasteiger partial charge in [0.15, 0.2) is 0 Å². The van der Waals surface area contributed by atoms with Crippen LogP contribution in [-0.4, -0.2) is 21.8 Å². The number of nitrogens with zero attached hydrogens (tertiary/aromatic N) is 1. The molecule has 0 aliphatic carbocycles. The van der Waals surface area contributed by atoms with Crippen LogP contribution >= 0.6 is 0 Å². The number of amides is 2. The molecule has 0 radical (unpaired) electrons. The molecule has 2 amide bonds. The summed E-state index contributed by atoms with van der Waals surface area (Å²) in [5, 5.41) is 2.11. The third kappa shape index (κ3) is 2.57. The molecule has 5 aromatic rings. The molecule has 3 aromatic carbocycles. The molecule has 0 saturated carbocycles. The molecule has 0 atom stereocenters. The Kier molecular flexibility index (Phi) is 3.70. The van der Waals surface area contributed by atoms with Crippen molar-refractivity contribution in [1.29, 1.82) is 0 Å². The number of nitrogens with one attached hydrogen (secondary N) is 2. The van der Waals surface area contributed by atoms with Gasteiger partial charge in [-0.05, 0) is 23.8 Å². The molecule has 6 rings (SSSR count). The second kappa shape index (κ2) is 6.57. The zero-order valence-corrected chi connectivity index (χ0v) is 16.4. The Balaban J connectivity index is 1.70. The van der Waals surface area contributed by atoms with Crippen LogP contribution < -0.4 is 4.90 Å². The summed E-state index contributed by atoms with van der Waals surface area (Å²) in [6, 6.07) is 21.9. The number of para-hydroxylation sites is 2. The van der Waals surface area contributed by atoms with E-state index in [0.717, 1.165) is 44.1 Å². The minimum absolute atomic E-state index is 0.331. The van der Waals surface area contributed by atoms with E-state index >= 15 is 0 Å². The Morgan fingerprint density at radius 3 is 1.84 bits per heavy atom. The molecule has 2 N–H and O–H groups in total. The fourth-order valence-corrected chi connectivity index (χ4v) is 4.44. The quantitative estimate of drug-likeness (QED) is 0.395. The van der Waals surface area contributed by atoms with Gasteiger partial charge in [0.2, 0.25) is 0 Å². The highest BCUT2D eigenvalue weighted by molar-refractivity contribution is 6.30. The molecule has 0 fully saturated rings. The zero-order valence-electron chi connectivity index (χ0n) is 16.4. The fourth-order valence-electron chi connectivity index (χ4n) is 4.44. The maximum atomic E-state index is 12.6. The van der Waals surface area contributed by atoms with E-state index in [1.54, 1.807) is 0 Å². The number of rotatable bonds is 3. The second-order valence-electron chi connectivity index (χ2n) is 7.54. The van der Waals surface area contributed by atoms with Crippen molar-refractivity contribution in [2.75, 3.05) is 4.90 Å². The SMILES string of the molecule is O=C1C=CC(=O)N1c1cccc(-c2c[nH]c3ccccc23)c1-c1c[nH]c2ccccc12. The summed E-state index contributed by atoms with van der Waals surface area (Å²) < 4.78 is 0. The van der Waals surface area contributed by atoms with Crippen molar-refractivity contribution >= 4 is 39.3 Å². The van der Waals surface area contributed by atoms with E-state index in [-0.39, 0.29) is 11.8 Å². The van der Waals surface area contributed by atoms with Crippen molar-refractivity contribution in [1.82, 2.24) is 9.97 Å². The highest BCUT2D eigenvalue weighted by Gasteiger charge is 2.30. The van der Waals surface area contributed by atoms with Gasteiger partial charge in [0.1, 0.15) is 0 Å². The summed E-state index contributed by atoms with van der Waals surface area (Å²) in [6.07, 6.45) is 6.56. The summed E-state index contributed by atoms with van der Waals surface area (Å²) in [6.45, 7) is 0. The van der Waals surface area contributed by atoms with Crippen molar-refractivity contribution in [3.05, 3.63) is 91.3 Å². The van der Waals surface area contributed by atoms with Crippen molar-refractivity contribution in [3.8, 4) is 22.3 Å². The van der Waals surface area contributed by atoms with Gasteiger partial charge in [-0.2, -0.15) is 0 Å². The van der Waals surface area contributed by atoms with Crippen molar-refractivity contribution in [3.63, 3.8) is 0 Å². The van der Waals surface area contributed by atoms with E-state index in [1.807, 2.05) is 73.1 Å². The van der Waals surface area contributed by atoms with Crippen LogP contribution in [0.25, 0.3) is 44.1 Å². The zero-order chi connectivity index (χ0) is 20.9. The van der Waals surface area contributed by atoms with E-state index in [1.165, 1.54) is 17.1 Å². The van der Waals surface area contributed by atoms with Gasteiger partial charge in [0, 0.05) is 63.0 Å². The molecule has 0 bridgehead atoms. The highest BCUT2D eigenvalue weighted by Crippen LogP contribution is 2.44. The van der Waals surface area contributed by atoms with Gasteiger partial charge >= 0.3 is 0 Å². The Morgan fingerprint density at radius 1 is 0.581 bits per heavy atom. The summed E-state index contributed by atoms with van der Waals surface area (Å²) in [5.41, 5.74) is 6.36. The maximum absolute atomic E-state index is 12.6. The van der Waals surface area contributed by atoms with Gasteiger partial charge in [0.05, 0.1) is 5.69 Å². The first-order valence-electron chi connectivity index (χ1n) is 10.0. The van der Waals surface area contributed by atoms with Gasteiger partial charge in [-0.25, -0.2) is 4.90 Å². The third-order valence-electron chi connectivity index (χ3n) is 5.83. The number of benzene rings is 3. The van der Waals surface area contributed by atoms with Crippen molar-refractivity contribution in [2.24, 2.45) is 0 Å². The monoisotopic (exact) mass is 403 g/mol. The minimum Gasteiger partial charge on any atom is -0.361 e. The number of hydrogen-bond donors (Lipinski definition) is 2. The van der Waals surface area contributed by atoms with E-state index < -0.39 is 0 Å². The number of carbonyl (C=O) groups excluding carboxylic acids is 2. The summed E-state index contributed by atoms with van der Waals surface area (Å²) in [4.78, 5) is 33.1. The number of imide groups is 1. The first-order valence-corrected chi connectivity index (χ1v) is 10.0. The number of hydrogen-bond acceptors (Lipinski definition) is 2. The average Bonchev–Trinajstić information content (AvgIpc) is 3.50. The molecule has 31 heavy (non-hydrogen) atoms. The molecule has 1 aliphatic rings. The molecule has 2 aromatic heterocycles. The van der Waals surface area contributed by atoms with Gasteiger partial charge in [0.25, 0.3) is 11.8 Å². The molecule has 1 aliphatic heterocycles. The Bertz CT molecular complexity index is 1520. The molecule has 5 heteroatoms. The predicted octanol–water partition coefficient (Wildman–Crippen LogP) is 5.41. The topological polar surface area (TPSA) is 69.0 Å². The molecule has 3 heterocycles. The Hall–Kier alpha value is -4.38. The van der Waals surface area contributed by atoms with Gasteiger partial charge < -0.3 is 9.97 Å².